The SMILES string of the molecule is CC(C#Cc1c(F)ccc(N)c1F)CN(C)/C(N)=C\N. The largest absolute Gasteiger partial charge is 0.402 e. The lowest BCUT2D eigenvalue weighted by atomic mass is 10.1. The minimum absolute atomic E-state index is 0.129. The number of hydrogen-bond donors (Lipinski definition) is 3. The van der Waals surface area contributed by atoms with E-state index in [1.54, 1.807) is 11.9 Å². The highest BCUT2D eigenvalue weighted by molar-refractivity contribution is 5.50. The number of nitrogen functional groups attached to an aromatic ring is 1. The summed E-state index contributed by atoms with van der Waals surface area (Å²) < 4.78 is 27.1. The number of anilines is 1. The van der Waals surface area contributed by atoms with Crippen LogP contribution in [0.25, 0.3) is 0 Å². The molecule has 0 saturated carbocycles. The molecular weight excluding hydrogens is 262 g/mol. The van der Waals surface area contributed by atoms with E-state index in [-0.39, 0.29) is 17.2 Å². The third-order valence-corrected chi connectivity index (χ3v) is 2.72. The molecule has 0 aliphatic rings. The van der Waals surface area contributed by atoms with Gasteiger partial charge in [-0.25, -0.2) is 8.78 Å². The van der Waals surface area contributed by atoms with Crippen LogP contribution >= 0.6 is 0 Å². The van der Waals surface area contributed by atoms with E-state index in [4.69, 9.17) is 17.2 Å². The van der Waals surface area contributed by atoms with E-state index in [9.17, 15) is 8.78 Å². The van der Waals surface area contributed by atoms with Gasteiger partial charge in [0, 0.05) is 25.7 Å². The zero-order valence-electron chi connectivity index (χ0n) is 11.5. The summed E-state index contributed by atoms with van der Waals surface area (Å²) in [6.45, 7) is 2.30. The first-order valence-electron chi connectivity index (χ1n) is 6.00. The molecule has 0 fully saturated rings. The fourth-order valence-corrected chi connectivity index (χ4v) is 1.57. The molecule has 6 heteroatoms. The molecule has 1 aromatic carbocycles. The van der Waals surface area contributed by atoms with Crippen LogP contribution in [0.4, 0.5) is 14.5 Å². The molecule has 0 amide bonds. The topological polar surface area (TPSA) is 81.3 Å². The van der Waals surface area contributed by atoms with E-state index in [1.807, 2.05) is 6.92 Å². The van der Waals surface area contributed by atoms with Crippen molar-refractivity contribution in [2.75, 3.05) is 19.3 Å². The predicted molar refractivity (Wildman–Crippen MR) is 75.9 cm³/mol. The monoisotopic (exact) mass is 280 g/mol. The molecule has 4 nitrogen and oxygen atoms in total. The predicted octanol–water partition coefficient (Wildman–Crippen LogP) is 1.18. The number of nitrogens with zero attached hydrogens (tertiary/aromatic N) is 1. The molecule has 0 spiro atoms. The van der Waals surface area contributed by atoms with Crippen LogP contribution in [0.1, 0.15) is 12.5 Å². The van der Waals surface area contributed by atoms with E-state index in [1.165, 1.54) is 12.3 Å². The molecule has 1 unspecified atom stereocenters. The fourth-order valence-electron chi connectivity index (χ4n) is 1.57. The standard InChI is InChI=1S/C14H18F2N4/c1-9(8-20(2)13(19)7-17)3-4-10-11(15)5-6-12(18)14(10)16/h5-7,9H,8,17-19H2,1-2H3/b13-7-. The van der Waals surface area contributed by atoms with Gasteiger partial charge in [-0.3, -0.25) is 0 Å². The Morgan fingerprint density at radius 1 is 1.45 bits per heavy atom. The molecule has 0 aromatic heterocycles. The van der Waals surface area contributed by atoms with Gasteiger partial charge in [-0.15, -0.1) is 0 Å². The third kappa shape index (κ3) is 3.79. The van der Waals surface area contributed by atoms with E-state index in [2.05, 4.69) is 11.8 Å². The molecule has 20 heavy (non-hydrogen) atoms. The van der Waals surface area contributed by atoms with E-state index in [0.717, 1.165) is 6.07 Å². The normalized spacial score (nSPS) is 12.5. The number of nitrogens with two attached hydrogens (primary N) is 3. The van der Waals surface area contributed by atoms with Crippen LogP contribution in [-0.2, 0) is 0 Å². The first-order chi connectivity index (χ1) is 9.36. The van der Waals surface area contributed by atoms with Crippen molar-refractivity contribution in [1.82, 2.24) is 4.90 Å². The van der Waals surface area contributed by atoms with Gasteiger partial charge in [0.1, 0.15) is 11.6 Å². The van der Waals surface area contributed by atoms with Gasteiger partial charge in [0.15, 0.2) is 5.82 Å². The van der Waals surface area contributed by atoms with Crippen LogP contribution in [0, 0.1) is 29.4 Å². The lowest BCUT2D eigenvalue weighted by Gasteiger charge is -2.20. The molecule has 6 N–H and O–H groups in total. The van der Waals surface area contributed by atoms with Gasteiger partial charge in [-0.1, -0.05) is 11.8 Å². The van der Waals surface area contributed by atoms with Gasteiger partial charge in [0.2, 0.25) is 0 Å². The van der Waals surface area contributed by atoms with Gasteiger partial charge in [0.05, 0.1) is 11.3 Å². The molecule has 1 aromatic rings. The summed E-state index contributed by atoms with van der Waals surface area (Å²) in [6.07, 6.45) is 1.28. The van der Waals surface area contributed by atoms with Crippen LogP contribution in [0.15, 0.2) is 24.2 Å². The molecule has 1 rings (SSSR count). The first kappa shape index (κ1) is 15.6. The summed E-state index contributed by atoms with van der Waals surface area (Å²) in [4.78, 5) is 1.70. The smallest absolute Gasteiger partial charge is 0.164 e. The maximum Gasteiger partial charge on any atom is 0.164 e. The number of rotatable bonds is 3. The van der Waals surface area contributed by atoms with E-state index < -0.39 is 11.6 Å². The molecular formula is C14H18F2N4. The number of halogens is 2. The summed E-state index contributed by atoms with van der Waals surface area (Å²) in [7, 11) is 1.75. The van der Waals surface area contributed by atoms with Crippen LogP contribution in [0.3, 0.4) is 0 Å². The maximum absolute atomic E-state index is 13.6. The van der Waals surface area contributed by atoms with Crippen molar-refractivity contribution < 1.29 is 8.78 Å². The zero-order valence-corrected chi connectivity index (χ0v) is 11.5. The molecule has 0 aliphatic carbocycles. The van der Waals surface area contributed by atoms with Gasteiger partial charge in [-0.05, 0) is 19.1 Å². The van der Waals surface area contributed by atoms with Crippen LogP contribution in [0.2, 0.25) is 0 Å². The lowest BCUT2D eigenvalue weighted by Crippen LogP contribution is -2.28. The van der Waals surface area contributed by atoms with E-state index >= 15 is 0 Å². The van der Waals surface area contributed by atoms with Crippen LogP contribution < -0.4 is 17.2 Å². The van der Waals surface area contributed by atoms with Crippen molar-refractivity contribution >= 4 is 5.69 Å². The van der Waals surface area contributed by atoms with Crippen molar-refractivity contribution in [2.24, 2.45) is 17.4 Å². The van der Waals surface area contributed by atoms with Gasteiger partial charge < -0.3 is 22.1 Å². The van der Waals surface area contributed by atoms with Crippen LogP contribution in [0.5, 0.6) is 0 Å². The summed E-state index contributed by atoms with van der Waals surface area (Å²) in [5.74, 6) is 3.94. The minimum Gasteiger partial charge on any atom is -0.402 e. The maximum atomic E-state index is 13.6. The van der Waals surface area contributed by atoms with Crippen molar-refractivity contribution in [3.05, 3.63) is 41.4 Å². The second kappa shape index (κ2) is 6.66. The Labute approximate surface area is 117 Å². The molecule has 0 aliphatic heterocycles. The second-order valence-corrected chi connectivity index (χ2v) is 4.47. The highest BCUT2D eigenvalue weighted by Gasteiger charge is 2.10. The molecule has 0 radical (unpaired) electrons. The zero-order chi connectivity index (χ0) is 15.3. The molecule has 0 heterocycles. The van der Waals surface area contributed by atoms with Gasteiger partial charge >= 0.3 is 0 Å². The highest BCUT2D eigenvalue weighted by Crippen LogP contribution is 2.17. The van der Waals surface area contributed by atoms with Crippen molar-refractivity contribution in [1.29, 1.82) is 0 Å². The van der Waals surface area contributed by atoms with Gasteiger partial charge in [0.25, 0.3) is 0 Å². The third-order valence-electron chi connectivity index (χ3n) is 2.72. The Hall–Kier alpha value is -2.42. The van der Waals surface area contributed by atoms with Crippen molar-refractivity contribution in [2.45, 2.75) is 6.92 Å². The average Bonchev–Trinajstić information content (AvgIpc) is 2.42. The number of hydrogen-bond acceptors (Lipinski definition) is 4. The second-order valence-electron chi connectivity index (χ2n) is 4.47. The first-order valence-corrected chi connectivity index (χ1v) is 6.00. The van der Waals surface area contributed by atoms with Crippen molar-refractivity contribution in [3.63, 3.8) is 0 Å². The Bertz CT molecular complexity index is 573. The van der Waals surface area contributed by atoms with E-state index in [0.29, 0.717) is 12.4 Å². The Balaban J connectivity index is 2.88. The number of benzene rings is 1. The highest BCUT2D eigenvalue weighted by atomic mass is 19.1. The molecule has 0 bridgehead atoms. The molecule has 1 atom stereocenters. The Kier molecular flexibility index (Phi) is 5.21. The summed E-state index contributed by atoms with van der Waals surface area (Å²) in [6, 6.07) is 2.26. The quantitative estimate of drug-likeness (QED) is 0.573. The Morgan fingerprint density at radius 3 is 2.70 bits per heavy atom. The molecule has 108 valence electrons. The summed E-state index contributed by atoms with van der Waals surface area (Å²) >= 11 is 0. The summed E-state index contributed by atoms with van der Waals surface area (Å²) in [5.41, 5.74) is 15.8. The van der Waals surface area contributed by atoms with Gasteiger partial charge in [-0.2, -0.15) is 0 Å². The Morgan fingerprint density at radius 2 is 2.10 bits per heavy atom. The molecule has 0 saturated heterocycles. The van der Waals surface area contributed by atoms with Crippen LogP contribution in [-0.4, -0.2) is 18.5 Å². The fraction of sp³-hybridized carbons (Fsp3) is 0.286. The minimum atomic E-state index is -0.834. The summed E-state index contributed by atoms with van der Waals surface area (Å²) in [5, 5.41) is 0. The van der Waals surface area contributed by atoms with Crippen molar-refractivity contribution in [3.8, 4) is 11.8 Å². The lowest BCUT2D eigenvalue weighted by molar-refractivity contribution is 0.379. The average molecular weight is 280 g/mol.